The van der Waals surface area contributed by atoms with Gasteiger partial charge in [0, 0.05) is 60.4 Å². The molecule has 0 saturated carbocycles. The number of para-hydroxylation sites is 4. The number of nitrogens with zero attached hydrogens (tertiary/aromatic N) is 2. The average molecular weight is 672 g/mol. The molecule has 11 rings (SSSR count). The van der Waals surface area contributed by atoms with Crippen LogP contribution in [0.1, 0.15) is 0 Å². The summed E-state index contributed by atoms with van der Waals surface area (Å²) >= 11 is 4.81. The maximum absolute atomic E-state index is 6.53. The van der Waals surface area contributed by atoms with Crippen LogP contribution in [-0.4, -0.2) is 14.1 Å². The normalized spacial score (nSPS) is 12.0. The maximum Gasteiger partial charge on any atom is 0.159 e. The van der Waals surface area contributed by atoms with Crippen molar-refractivity contribution in [2.75, 3.05) is 0 Å². The zero-order chi connectivity index (χ0) is 33.6. The molecule has 0 aliphatic heterocycles. The molecule has 0 aliphatic carbocycles. The van der Waals surface area contributed by atoms with E-state index in [9.17, 15) is 0 Å². The summed E-state index contributed by atoms with van der Waals surface area (Å²) in [5, 5.41) is 7.13. The van der Waals surface area contributed by atoms with Crippen LogP contribution in [0.2, 0.25) is 0 Å². The summed E-state index contributed by atoms with van der Waals surface area (Å²) in [6.07, 6.45) is 1.95. The molecule has 0 spiro atoms. The molecule has 0 bridgehead atoms. The molecule has 0 saturated heterocycles. The van der Waals surface area contributed by atoms with Crippen molar-refractivity contribution in [2.24, 2.45) is 0 Å². The second-order valence-corrected chi connectivity index (χ2v) is 13.7. The lowest BCUT2D eigenvalue weighted by Crippen LogP contribution is -1.95. The molecule has 7 aromatic carbocycles. The van der Waals surface area contributed by atoms with E-state index in [-0.39, 0.29) is 0 Å². The number of hydrogen-bond donors (Lipinski definition) is 2. The molecule has 1 N–H and O–H groups in total. The van der Waals surface area contributed by atoms with E-state index >= 15 is 0 Å². The predicted octanol–water partition coefficient (Wildman–Crippen LogP) is 12.7. The van der Waals surface area contributed by atoms with Crippen LogP contribution in [0.25, 0.3) is 99.3 Å². The van der Waals surface area contributed by atoms with Gasteiger partial charge in [-0.1, -0.05) is 84.9 Å². The van der Waals surface area contributed by atoms with E-state index in [4.69, 9.17) is 17.0 Å². The van der Waals surface area contributed by atoms with Gasteiger partial charge in [0.2, 0.25) is 0 Å². The van der Waals surface area contributed by atoms with Crippen molar-refractivity contribution in [3.8, 4) is 33.8 Å². The molecule has 0 fully saturated rings. The quantitative estimate of drug-likeness (QED) is 0.180. The smallest absolute Gasteiger partial charge is 0.159 e. The van der Waals surface area contributed by atoms with Gasteiger partial charge in [0.1, 0.15) is 5.58 Å². The first kappa shape index (κ1) is 28.4. The first-order chi connectivity index (χ1) is 25.2. The number of benzene rings is 7. The molecular weight excluding hydrogens is 643 g/mol. The summed E-state index contributed by atoms with van der Waals surface area (Å²) in [7, 11) is 0. The van der Waals surface area contributed by atoms with E-state index in [1.165, 1.54) is 38.2 Å². The number of thiol groups is 1. The van der Waals surface area contributed by atoms with E-state index in [0.29, 0.717) is 0 Å². The first-order valence-electron chi connectivity index (χ1n) is 17.2. The molecule has 5 heteroatoms. The number of H-pyrrole nitrogens is 1. The summed E-state index contributed by atoms with van der Waals surface area (Å²) in [6.45, 7) is 0. The van der Waals surface area contributed by atoms with Crippen LogP contribution in [0, 0.1) is 0 Å². The van der Waals surface area contributed by atoms with E-state index < -0.39 is 0 Å². The molecule has 4 aromatic heterocycles. The lowest BCUT2D eigenvalue weighted by Gasteiger charge is -2.12. The molecule has 11 aromatic rings. The Labute approximate surface area is 298 Å². The fraction of sp³-hybridized carbons (Fsp3) is 0. The summed E-state index contributed by atoms with van der Waals surface area (Å²) in [5.74, 6) is 0. The Morgan fingerprint density at radius 2 is 1.22 bits per heavy atom. The Bertz CT molecular complexity index is 3160. The van der Waals surface area contributed by atoms with Gasteiger partial charge in [0.05, 0.1) is 27.8 Å². The van der Waals surface area contributed by atoms with E-state index in [0.717, 1.165) is 66.0 Å². The fourth-order valence-corrected chi connectivity index (χ4v) is 8.48. The van der Waals surface area contributed by atoms with Crippen LogP contribution in [-0.2, 0) is 0 Å². The standard InChI is InChI=1S/C46H29N3OS/c51-44-24-22-29(27-36(44)37-15-9-25-47-37)48-39-17-5-2-12-34(39)45-30(13-7-18-41(45)48)28-21-23-40-35(26-28)31-10-1-4-16-38(31)49(40)42-19-8-14-33-32-11-3-6-20-43(32)50-46(33)42/h1-27,47,51H. The van der Waals surface area contributed by atoms with Gasteiger partial charge in [-0.05, 0) is 83.9 Å². The summed E-state index contributed by atoms with van der Waals surface area (Å²) < 4.78 is 11.3. The number of furan rings is 1. The van der Waals surface area contributed by atoms with Gasteiger partial charge in [0.25, 0.3) is 0 Å². The number of hydrogen-bond acceptors (Lipinski definition) is 2. The van der Waals surface area contributed by atoms with Crippen molar-refractivity contribution < 1.29 is 4.42 Å². The van der Waals surface area contributed by atoms with Gasteiger partial charge in [-0.25, -0.2) is 0 Å². The van der Waals surface area contributed by atoms with Crippen molar-refractivity contribution in [1.82, 2.24) is 14.1 Å². The van der Waals surface area contributed by atoms with Crippen molar-refractivity contribution in [3.05, 3.63) is 164 Å². The molecule has 51 heavy (non-hydrogen) atoms. The van der Waals surface area contributed by atoms with Crippen LogP contribution < -0.4 is 0 Å². The highest BCUT2D eigenvalue weighted by molar-refractivity contribution is 7.80. The second-order valence-electron chi connectivity index (χ2n) is 13.2. The number of aromatic amines is 1. The minimum absolute atomic E-state index is 0.897. The fourth-order valence-electron chi connectivity index (χ4n) is 8.22. The Balaban J connectivity index is 1.15. The molecule has 0 radical (unpaired) electrons. The van der Waals surface area contributed by atoms with Crippen LogP contribution in [0.5, 0.6) is 0 Å². The highest BCUT2D eigenvalue weighted by atomic mass is 32.1. The topological polar surface area (TPSA) is 38.8 Å². The van der Waals surface area contributed by atoms with Crippen LogP contribution in [0.3, 0.4) is 0 Å². The predicted molar refractivity (Wildman–Crippen MR) is 215 cm³/mol. The number of nitrogens with one attached hydrogen (secondary N) is 1. The van der Waals surface area contributed by atoms with Crippen LogP contribution in [0.15, 0.2) is 173 Å². The van der Waals surface area contributed by atoms with Gasteiger partial charge in [-0.15, -0.1) is 12.6 Å². The minimum atomic E-state index is 0.897. The van der Waals surface area contributed by atoms with Crippen molar-refractivity contribution >= 4 is 78.2 Å². The Morgan fingerprint density at radius 3 is 2.08 bits per heavy atom. The monoisotopic (exact) mass is 671 g/mol. The second kappa shape index (κ2) is 10.8. The Morgan fingerprint density at radius 1 is 0.490 bits per heavy atom. The number of aromatic nitrogens is 3. The number of fused-ring (bicyclic) bond motifs is 9. The van der Waals surface area contributed by atoms with Gasteiger partial charge in [0.15, 0.2) is 5.58 Å². The molecule has 4 heterocycles. The zero-order valence-corrected chi connectivity index (χ0v) is 28.2. The third-order valence-electron chi connectivity index (χ3n) is 10.4. The molecule has 0 aliphatic rings. The van der Waals surface area contributed by atoms with Gasteiger partial charge in [-0.2, -0.15) is 0 Å². The maximum atomic E-state index is 6.53. The Hall–Kier alpha value is -6.43. The molecule has 240 valence electrons. The third kappa shape index (κ3) is 4.10. The van der Waals surface area contributed by atoms with Gasteiger partial charge in [-0.3, -0.25) is 0 Å². The lowest BCUT2D eigenvalue weighted by molar-refractivity contribution is 0.666. The van der Waals surface area contributed by atoms with Gasteiger partial charge >= 0.3 is 0 Å². The lowest BCUT2D eigenvalue weighted by atomic mass is 9.98. The summed E-state index contributed by atoms with van der Waals surface area (Å²) in [6, 6.07) is 56.4. The average Bonchev–Trinajstić information content (AvgIpc) is 3.98. The van der Waals surface area contributed by atoms with Crippen molar-refractivity contribution in [3.63, 3.8) is 0 Å². The van der Waals surface area contributed by atoms with Crippen LogP contribution in [0.4, 0.5) is 0 Å². The van der Waals surface area contributed by atoms with Gasteiger partial charge < -0.3 is 18.5 Å². The third-order valence-corrected chi connectivity index (χ3v) is 10.8. The summed E-state index contributed by atoms with van der Waals surface area (Å²) in [4.78, 5) is 4.30. The van der Waals surface area contributed by atoms with E-state index in [1.54, 1.807) is 0 Å². The highest BCUT2D eigenvalue weighted by Gasteiger charge is 2.20. The van der Waals surface area contributed by atoms with Crippen molar-refractivity contribution in [1.29, 1.82) is 0 Å². The molecule has 0 amide bonds. The van der Waals surface area contributed by atoms with Crippen LogP contribution >= 0.6 is 12.6 Å². The molecule has 0 unspecified atom stereocenters. The molecular formula is C46H29N3OS. The Kier molecular flexibility index (Phi) is 6.01. The molecule has 0 atom stereocenters. The minimum Gasteiger partial charge on any atom is -0.454 e. The van der Waals surface area contributed by atoms with E-state index in [2.05, 4.69) is 154 Å². The number of rotatable bonds is 4. The zero-order valence-electron chi connectivity index (χ0n) is 27.3. The first-order valence-corrected chi connectivity index (χ1v) is 17.6. The SMILES string of the molecule is Sc1ccc(-n2c3ccccc3c3c(-c4ccc5c(c4)c4ccccc4n5-c4cccc5c4oc4ccccc45)cccc32)cc1-c1ccc[nH]1. The summed E-state index contributed by atoms with van der Waals surface area (Å²) in [5.41, 5.74) is 13.1. The highest BCUT2D eigenvalue weighted by Crippen LogP contribution is 2.43. The van der Waals surface area contributed by atoms with Crippen molar-refractivity contribution in [2.45, 2.75) is 4.90 Å². The van der Waals surface area contributed by atoms with E-state index in [1.807, 2.05) is 24.4 Å². The molecule has 4 nitrogen and oxygen atoms in total. The largest absolute Gasteiger partial charge is 0.454 e.